The fourth-order valence-corrected chi connectivity index (χ4v) is 2.73. The molecule has 4 rings (SSSR count). The average molecular weight is 329 g/mol. The van der Waals surface area contributed by atoms with Crippen LogP contribution in [0.15, 0.2) is 73.1 Å². The van der Waals surface area contributed by atoms with E-state index in [1.54, 1.807) is 12.4 Å². The van der Waals surface area contributed by atoms with E-state index in [0.29, 0.717) is 11.4 Å². The molecule has 2 aromatic carbocycles. The first kappa shape index (κ1) is 15.1. The van der Waals surface area contributed by atoms with Gasteiger partial charge in [0.25, 0.3) is 5.91 Å². The molecule has 0 aliphatic carbocycles. The zero-order valence-corrected chi connectivity index (χ0v) is 13.3. The maximum absolute atomic E-state index is 12.3. The van der Waals surface area contributed by atoms with Crippen LogP contribution in [0, 0.1) is 0 Å². The summed E-state index contributed by atoms with van der Waals surface area (Å²) in [6, 6.07) is 19.0. The summed E-state index contributed by atoms with van der Waals surface area (Å²) < 4.78 is 5.67. The number of carbonyl (C=O) groups excluding carboxylic acids is 1. The maximum Gasteiger partial charge on any atom is 0.262 e. The van der Waals surface area contributed by atoms with Crippen LogP contribution in [0.5, 0.6) is 5.75 Å². The van der Waals surface area contributed by atoms with Crippen LogP contribution >= 0.6 is 0 Å². The van der Waals surface area contributed by atoms with E-state index >= 15 is 0 Å². The number of hydrogen-bond donors (Lipinski definition) is 1. The number of nitrogens with zero attached hydrogens (tertiary/aromatic N) is 2. The summed E-state index contributed by atoms with van der Waals surface area (Å²) in [5.74, 6) is 0.343. The number of nitrogens with one attached hydrogen (secondary N) is 1. The largest absolute Gasteiger partial charge is 0.481 e. The van der Waals surface area contributed by atoms with Crippen LogP contribution in [0.2, 0.25) is 0 Å². The summed E-state index contributed by atoms with van der Waals surface area (Å²) >= 11 is 0. The monoisotopic (exact) mass is 329 g/mol. The lowest BCUT2D eigenvalue weighted by molar-refractivity contribution is -0.118. The van der Waals surface area contributed by atoms with Gasteiger partial charge in [-0.3, -0.25) is 14.8 Å². The molecule has 0 saturated carbocycles. The number of rotatable bonds is 4. The van der Waals surface area contributed by atoms with E-state index in [2.05, 4.69) is 15.3 Å². The van der Waals surface area contributed by atoms with Crippen molar-refractivity contribution in [3.63, 3.8) is 0 Å². The Morgan fingerprint density at radius 2 is 1.48 bits per heavy atom. The van der Waals surface area contributed by atoms with Gasteiger partial charge < -0.3 is 10.1 Å². The first-order chi connectivity index (χ1) is 12.3. The molecule has 122 valence electrons. The van der Waals surface area contributed by atoms with Crippen molar-refractivity contribution in [1.82, 2.24) is 9.97 Å². The van der Waals surface area contributed by atoms with Gasteiger partial charge in [-0.15, -0.1) is 0 Å². The summed E-state index contributed by atoms with van der Waals surface area (Å²) in [5.41, 5.74) is 2.16. The van der Waals surface area contributed by atoms with Gasteiger partial charge in [0.15, 0.2) is 6.61 Å². The number of hydrogen-bond acceptors (Lipinski definition) is 4. The van der Waals surface area contributed by atoms with Gasteiger partial charge in [-0.25, -0.2) is 0 Å². The van der Waals surface area contributed by atoms with Crippen molar-refractivity contribution in [1.29, 1.82) is 0 Å². The van der Waals surface area contributed by atoms with Crippen LogP contribution in [-0.2, 0) is 4.79 Å². The molecule has 0 aliphatic rings. The van der Waals surface area contributed by atoms with Crippen molar-refractivity contribution in [3.05, 3.63) is 73.1 Å². The van der Waals surface area contributed by atoms with Crippen LogP contribution < -0.4 is 10.1 Å². The highest BCUT2D eigenvalue weighted by Crippen LogP contribution is 2.23. The third-order valence-corrected chi connectivity index (χ3v) is 3.86. The molecule has 1 N–H and O–H groups in total. The van der Waals surface area contributed by atoms with E-state index in [1.165, 1.54) is 0 Å². The number of benzene rings is 2. The second kappa shape index (κ2) is 6.57. The van der Waals surface area contributed by atoms with Gasteiger partial charge in [0.2, 0.25) is 0 Å². The number of aromatic nitrogens is 2. The van der Waals surface area contributed by atoms with Gasteiger partial charge in [0.1, 0.15) is 11.3 Å². The number of carbonyl (C=O) groups is 1. The molecule has 0 radical (unpaired) electrons. The summed E-state index contributed by atoms with van der Waals surface area (Å²) in [6.45, 7) is -0.0983. The van der Waals surface area contributed by atoms with E-state index in [-0.39, 0.29) is 12.5 Å². The van der Waals surface area contributed by atoms with Crippen molar-refractivity contribution < 1.29 is 9.53 Å². The molecule has 0 aliphatic heterocycles. The third-order valence-electron chi connectivity index (χ3n) is 3.86. The number of anilines is 1. The fourth-order valence-electron chi connectivity index (χ4n) is 2.73. The molecule has 0 fully saturated rings. The molecule has 0 spiro atoms. The molecule has 2 heterocycles. The normalized spacial score (nSPS) is 10.7. The van der Waals surface area contributed by atoms with E-state index in [4.69, 9.17) is 4.74 Å². The van der Waals surface area contributed by atoms with Gasteiger partial charge in [0, 0.05) is 23.2 Å². The number of ether oxygens (including phenoxy) is 1. The minimum absolute atomic E-state index is 0.0983. The van der Waals surface area contributed by atoms with Gasteiger partial charge in [-0.05, 0) is 24.3 Å². The molecule has 5 heteroatoms. The SMILES string of the molecule is O=C(COc1cccc2cccnc12)Nc1cccc2cccnc12. The van der Waals surface area contributed by atoms with Crippen molar-refractivity contribution in [3.8, 4) is 5.75 Å². The van der Waals surface area contributed by atoms with Crippen molar-refractivity contribution in [2.24, 2.45) is 0 Å². The highest BCUT2D eigenvalue weighted by atomic mass is 16.5. The maximum atomic E-state index is 12.3. The molecule has 5 nitrogen and oxygen atoms in total. The van der Waals surface area contributed by atoms with Crippen LogP contribution in [0.4, 0.5) is 5.69 Å². The Bertz CT molecular complexity index is 1050. The Hall–Kier alpha value is -3.47. The van der Waals surface area contributed by atoms with Crippen LogP contribution in [-0.4, -0.2) is 22.5 Å². The van der Waals surface area contributed by atoms with Gasteiger partial charge in [0.05, 0.1) is 11.2 Å². The Kier molecular flexibility index (Phi) is 3.96. The number of para-hydroxylation sites is 2. The lowest BCUT2D eigenvalue weighted by Gasteiger charge is -2.10. The van der Waals surface area contributed by atoms with Crippen LogP contribution in [0.3, 0.4) is 0 Å². The van der Waals surface area contributed by atoms with Crippen molar-refractivity contribution in [2.45, 2.75) is 0 Å². The lowest BCUT2D eigenvalue weighted by atomic mass is 10.2. The minimum Gasteiger partial charge on any atom is -0.481 e. The molecule has 1 amide bonds. The molecule has 0 atom stereocenters. The quantitative estimate of drug-likeness (QED) is 0.618. The summed E-state index contributed by atoms with van der Waals surface area (Å²) in [7, 11) is 0. The Morgan fingerprint density at radius 1 is 0.840 bits per heavy atom. The highest BCUT2D eigenvalue weighted by molar-refractivity contribution is 6.00. The highest BCUT2D eigenvalue weighted by Gasteiger charge is 2.09. The Balaban J connectivity index is 1.50. The Labute approximate surface area is 144 Å². The first-order valence-corrected chi connectivity index (χ1v) is 7.91. The van der Waals surface area contributed by atoms with Crippen molar-refractivity contribution in [2.75, 3.05) is 11.9 Å². The van der Waals surface area contributed by atoms with E-state index in [0.717, 1.165) is 21.8 Å². The van der Waals surface area contributed by atoms with Gasteiger partial charge in [-0.1, -0.05) is 36.4 Å². The summed E-state index contributed by atoms with van der Waals surface area (Å²) in [6.07, 6.45) is 3.41. The van der Waals surface area contributed by atoms with Crippen LogP contribution in [0.25, 0.3) is 21.8 Å². The molecular weight excluding hydrogens is 314 g/mol. The predicted octanol–water partition coefficient (Wildman–Crippen LogP) is 3.80. The molecule has 4 aromatic rings. The topological polar surface area (TPSA) is 64.1 Å². The molecule has 0 unspecified atom stereocenters. The second-order valence-electron chi connectivity index (χ2n) is 5.55. The molecule has 2 aromatic heterocycles. The van der Waals surface area contributed by atoms with E-state index in [9.17, 15) is 4.79 Å². The second-order valence-corrected chi connectivity index (χ2v) is 5.55. The minimum atomic E-state index is -0.244. The molecule has 0 saturated heterocycles. The zero-order chi connectivity index (χ0) is 17.1. The van der Waals surface area contributed by atoms with E-state index in [1.807, 2.05) is 60.7 Å². The number of pyridine rings is 2. The molecule has 0 bridgehead atoms. The Morgan fingerprint density at radius 3 is 2.28 bits per heavy atom. The molecular formula is C20H15N3O2. The van der Waals surface area contributed by atoms with Crippen molar-refractivity contribution >= 4 is 33.4 Å². The standard InChI is InChI=1S/C20H15N3O2/c24-18(23-16-9-1-5-14-7-3-11-21-19(14)16)13-25-17-10-2-6-15-8-4-12-22-20(15)17/h1-12H,13H2,(H,23,24). The first-order valence-electron chi connectivity index (χ1n) is 7.91. The zero-order valence-electron chi connectivity index (χ0n) is 13.3. The molecule has 25 heavy (non-hydrogen) atoms. The number of amides is 1. The average Bonchev–Trinajstić information content (AvgIpc) is 2.66. The lowest BCUT2D eigenvalue weighted by Crippen LogP contribution is -2.20. The van der Waals surface area contributed by atoms with E-state index < -0.39 is 0 Å². The fraction of sp³-hybridized carbons (Fsp3) is 0.0500. The van der Waals surface area contributed by atoms with Crippen LogP contribution in [0.1, 0.15) is 0 Å². The van der Waals surface area contributed by atoms with Gasteiger partial charge in [-0.2, -0.15) is 0 Å². The summed E-state index contributed by atoms with van der Waals surface area (Å²) in [5, 5.41) is 4.80. The van der Waals surface area contributed by atoms with Gasteiger partial charge >= 0.3 is 0 Å². The smallest absolute Gasteiger partial charge is 0.262 e. The predicted molar refractivity (Wildman–Crippen MR) is 97.6 cm³/mol. The third kappa shape index (κ3) is 3.12. The summed E-state index contributed by atoms with van der Waals surface area (Å²) in [4.78, 5) is 20.9. The number of fused-ring (bicyclic) bond motifs is 2.